The topological polar surface area (TPSA) is 64.6 Å². The van der Waals surface area contributed by atoms with Crippen molar-refractivity contribution in [3.63, 3.8) is 0 Å². The molecule has 1 amide bonds. The fraction of sp³-hybridized carbons (Fsp3) is 0.467. The fourth-order valence-electron chi connectivity index (χ4n) is 2.84. The van der Waals surface area contributed by atoms with E-state index in [1.165, 1.54) is 0 Å². The zero-order valence-electron chi connectivity index (χ0n) is 11.6. The molecule has 2 heterocycles. The summed E-state index contributed by atoms with van der Waals surface area (Å²) in [5, 5.41) is 3.00. The van der Waals surface area contributed by atoms with Crippen LogP contribution in [0.5, 0.6) is 5.75 Å². The van der Waals surface area contributed by atoms with Crippen molar-refractivity contribution in [1.82, 2.24) is 0 Å². The Kier molecular flexibility index (Phi) is 3.87. The Hall–Kier alpha value is -1.59. The van der Waals surface area contributed by atoms with Crippen molar-refractivity contribution in [3.05, 3.63) is 22.7 Å². The highest BCUT2D eigenvalue weighted by atomic mass is 35.5. The minimum atomic E-state index is -0.229. The molecule has 0 spiro atoms. The molecular formula is C15H16ClNO4. The number of anilines is 1. The van der Waals surface area contributed by atoms with Crippen LogP contribution < -0.4 is 10.1 Å². The van der Waals surface area contributed by atoms with E-state index in [1.54, 1.807) is 12.1 Å². The number of halogens is 1. The van der Waals surface area contributed by atoms with Gasteiger partial charge in [0.2, 0.25) is 0 Å². The van der Waals surface area contributed by atoms with E-state index in [1.807, 2.05) is 6.92 Å². The molecule has 1 saturated heterocycles. The van der Waals surface area contributed by atoms with Gasteiger partial charge in [0.15, 0.2) is 12.4 Å². The van der Waals surface area contributed by atoms with Crippen LogP contribution in [0.25, 0.3) is 0 Å². The van der Waals surface area contributed by atoms with E-state index in [0.717, 1.165) is 6.42 Å². The summed E-state index contributed by atoms with van der Waals surface area (Å²) < 4.78 is 10.9. The maximum Gasteiger partial charge on any atom is 0.262 e. The summed E-state index contributed by atoms with van der Waals surface area (Å²) in [6.45, 7) is 2.56. The van der Waals surface area contributed by atoms with Crippen LogP contribution in [0.1, 0.15) is 30.1 Å². The lowest BCUT2D eigenvalue weighted by molar-refractivity contribution is -0.118. The Morgan fingerprint density at radius 2 is 2.29 bits per heavy atom. The lowest BCUT2D eigenvalue weighted by atomic mass is 9.90. The van der Waals surface area contributed by atoms with E-state index < -0.39 is 0 Å². The van der Waals surface area contributed by atoms with Gasteiger partial charge in [-0.25, -0.2) is 0 Å². The molecule has 5 nitrogen and oxygen atoms in total. The molecule has 0 aromatic heterocycles. The first-order chi connectivity index (χ1) is 10.1. The van der Waals surface area contributed by atoms with E-state index in [9.17, 15) is 9.59 Å². The van der Waals surface area contributed by atoms with Gasteiger partial charge in [-0.1, -0.05) is 18.5 Å². The number of fused-ring (bicyclic) bond motifs is 1. The number of carbonyl (C=O) groups excluding carboxylic acids is 2. The van der Waals surface area contributed by atoms with Gasteiger partial charge in [-0.2, -0.15) is 0 Å². The molecule has 2 unspecified atom stereocenters. The lowest BCUT2D eigenvalue weighted by Gasteiger charge is -2.21. The van der Waals surface area contributed by atoms with Gasteiger partial charge in [-0.3, -0.25) is 9.59 Å². The molecule has 6 heteroatoms. The van der Waals surface area contributed by atoms with Crippen molar-refractivity contribution < 1.29 is 19.1 Å². The monoisotopic (exact) mass is 309 g/mol. The van der Waals surface area contributed by atoms with E-state index >= 15 is 0 Å². The Bertz CT molecular complexity index is 602. The second kappa shape index (κ2) is 5.66. The number of ether oxygens (including phenoxy) is 2. The average molecular weight is 310 g/mol. The molecule has 0 radical (unpaired) electrons. The molecular weight excluding hydrogens is 294 g/mol. The van der Waals surface area contributed by atoms with Crippen LogP contribution in [-0.4, -0.2) is 31.0 Å². The number of ketones is 1. The highest BCUT2D eigenvalue weighted by molar-refractivity contribution is 6.34. The zero-order chi connectivity index (χ0) is 15.0. The summed E-state index contributed by atoms with van der Waals surface area (Å²) in [5.41, 5.74) is 0.933. The number of benzene rings is 1. The van der Waals surface area contributed by atoms with Gasteiger partial charge in [0.05, 0.1) is 22.7 Å². The third kappa shape index (κ3) is 2.63. The average Bonchev–Trinajstić information content (AvgIpc) is 2.94. The smallest absolute Gasteiger partial charge is 0.262 e. The molecule has 2 atom stereocenters. The molecule has 0 aliphatic carbocycles. The normalized spacial score (nSPS) is 24.2. The summed E-state index contributed by atoms with van der Waals surface area (Å²) in [5.74, 6) is 0.0681. The SMILES string of the molecule is CCC1OCCC1C(=O)c1cc2c(cc1Cl)NC(=O)CO2. The van der Waals surface area contributed by atoms with Gasteiger partial charge in [0, 0.05) is 12.2 Å². The van der Waals surface area contributed by atoms with Crippen LogP contribution in [0.3, 0.4) is 0 Å². The Balaban J connectivity index is 1.92. The number of amides is 1. The third-order valence-electron chi connectivity index (χ3n) is 3.92. The Labute approximate surface area is 127 Å². The van der Waals surface area contributed by atoms with Crippen LogP contribution in [0.15, 0.2) is 12.1 Å². The first-order valence-corrected chi connectivity index (χ1v) is 7.40. The number of carbonyl (C=O) groups is 2. The Morgan fingerprint density at radius 1 is 1.48 bits per heavy atom. The quantitative estimate of drug-likeness (QED) is 0.872. The van der Waals surface area contributed by atoms with Crippen LogP contribution in [0.2, 0.25) is 5.02 Å². The van der Waals surface area contributed by atoms with E-state index in [0.29, 0.717) is 35.1 Å². The predicted molar refractivity (Wildman–Crippen MR) is 78.0 cm³/mol. The van der Waals surface area contributed by atoms with Crippen LogP contribution >= 0.6 is 11.6 Å². The van der Waals surface area contributed by atoms with Crippen LogP contribution in [0.4, 0.5) is 5.69 Å². The summed E-state index contributed by atoms with van der Waals surface area (Å²) in [6.07, 6.45) is 1.46. The summed E-state index contributed by atoms with van der Waals surface area (Å²) in [4.78, 5) is 24.0. The molecule has 3 rings (SSSR count). The number of hydrogen-bond donors (Lipinski definition) is 1. The van der Waals surface area contributed by atoms with Crippen molar-refractivity contribution in [2.24, 2.45) is 5.92 Å². The van der Waals surface area contributed by atoms with Gasteiger partial charge in [-0.05, 0) is 25.0 Å². The fourth-order valence-corrected chi connectivity index (χ4v) is 3.10. The molecule has 1 aromatic carbocycles. The maximum absolute atomic E-state index is 12.7. The minimum Gasteiger partial charge on any atom is -0.482 e. The number of nitrogens with one attached hydrogen (secondary N) is 1. The maximum atomic E-state index is 12.7. The minimum absolute atomic E-state index is 0.0207. The largest absolute Gasteiger partial charge is 0.482 e. The van der Waals surface area contributed by atoms with Gasteiger partial charge >= 0.3 is 0 Å². The number of hydrogen-bond acceptors (Lipinski definition) is 4. The van der Waals surface area contributed by atoms with Gasteiger partial charge in [0.25, 0.3) is 5.91 Å². The molecule has 1 N–H and O–H groups in total. The van der Waals surface area contributed by atoms with Crippen LogP contribution in [0, 0.1) is 5.92 Å². The first kappa shape index (κ1) is 14.4. The van der Waals surface area contributed by atoms with Crippen molar-refractivity contribution in [2.45, 2.75) is 25.9 Å². The molecule has 2 aliphatic heterocycles. The Morgan fingerprint density at radius 3 is 3.05 bits per heavy atom. The summed E-state index contributed by atoms with van der Waals surface area (Å²) in [6, 6.07) is 3.18. The molecule has 1 fully saturated rings. The summed E-state index contributed by atoms with van der Waals surface area (Å²) >= 11 is 6.20. The van der Waals surface area contributed by atoms with E-state index in [2.05, 4.69) is 5.32 Å². The molecule has 112 valence electrons. The second-order valence-corrected chi connectivity index (χ2v) is 5.65. The first-order valence-electron chi connectivity index (χ1n) is 7.02. The van der Waals surface area contributed by atoms with Gasteiger partial charge in [0.1, 0.15) is 5.75 Å². The van der Waals surface area contributed by atoms with Gasteiger partial charge in [-0.15, -0.1) is 0 Å². The summed E-state index contributed by atoms with van der Waals surface area (Å²) in [7, 11) is 0. The lowest BCUT2D eigenvalue weighted by Crippen LogP contribution is -2.27. The highest BCUT2D eigenvalue weighted by Gasteiger charge is 2.34. The van der Waals surface area contributed by atoms with Crippen molar-refractivity contribution in [1.29, 1.82) is 0 Å². The zero-order valence-corrected chi connectivity index (χ0v) is 12.4. The molecule has 1 aromatic rings. The van der Waals surface area contributed by atoms with Gasteiger partial charge < -0.3 is 14.8 Å². The van der Waals surface area contributed by atoms with Crippen LogP contribution in [-0.2, 0) is 9.53 Å². The molecule has 21 heavy (non-hydrogen) atoms. The van der Waals surface area contributed by atoms with Crippen molar-refractivity contribution in [2.75, 3.05) is 18.5 Å². The highest BCUT2D eigenvalue weighted by Crippen LogP contribution is 2.36. The predicted octanol–water partition coefficient (Wildman–Crippen LogP) is 2.67. The third-order valence-corrected chi connectivity index (χ3v) is 4.23. The van der Waals surface area contributed by atoms with E-state index in [4.69, 9.17) is 21.1 Å². The van der Waals surface area contributed by atoms with Crippen molar-refractivity contribution >= 4 is 29.0 Å². The van der Waals surface area contributed by atoms with Crippen molar-refractivity contribution in [3.8, 4) is 5.75 Å². The number of Topliss-reactive ketones (excluding diaryl/α,β-unsaturated/α-hetero) is 1. The molecule has 0 saturated carbocycles. The molecule has 2 aliphatic rings. The second-order valence-electron chi connectivity index (χ2n) is 5.24. The standard InChI is InChI=1S/C15H16ClNO4/c1-2-12-8(3-4-20-12)15(19)9-5-13-11(6-10(9)16)17-14(18)7-21-13/h5-6,8,12H,2-4,7H2,1H3,(H,17,18). The van der Waals surface area contributed by atoms with E-state index in [-0.39, 0.29) is 30.3 Å². The number of rotatable bonds is 3. The molecule has 0 bridgehead atoms.